The summed E-state index contributed by atoms with van der Waals surface area (Å²) in [6, 6.07) is 5.82. The summed E-state index contributed by atoms with van der Waals surface area (Å²) < 4.78 is 5.53. The van der Waals surface area contributed by atoms with Gasteiger partial charge in [-0.15, -0.1) is 0 Å². The molecule has 16 heavy (non-hydrogen) atoms. The maximum atomic E-state index is 11.5. The molecule has 1 saturated heterocycles. The van der Waals surface area contributed by atoms with Crippen molar-refractivity contribution in [1.29, 1.82) is 0 Å². The summed E-state index contributed by atoms with van der Waals surface area (Å²) in [5, 5.41) is 0. The maximum Gasteiger partial charge on any atom is 0.339 e. The van der Waals surface area contributed by atoms with Crippen LogP contribution in [0.4, 0.5) is 5.69 Å². The standard InChI is InChI=1S/C12H14BrNO2/c1-16-12(15)10-8-9(4-5-11(10)13)14-6-2-3-7-14/h4-5,8H,2-3,6-7H2,1H3. The molecule has 86 valence electrons. The summed E-state index contributed by atoms with van der Waals surface area (Å²) in [4.78, 5) is 13.8. The smallest absolute Gasteiger partial charge is 0.339 e. The minimum atomic E-state index is -0.298. The Morgan fingerprint density at radius 2 is 2.06 bits per heavy atom. The Kier molecular flexibility index (Phi) is 3.49. The molecular weight excluding hydrogens is 270 g/mol. The molecule has 1 aliphatic rings. The second-order valence-electron chi connectivity index (χ2n) is 3.85. The number of hydrogen-bond acceptors (Lipinski definition) is 3. The fourth-order valence-corrected chi connectivity index (χ4v) is 2.36. The second kappa shape index (κ2) is 4.87. The molecule has 1 aromatic carbocycles. The lowest BCUT2D eigenvalue weighted by Crippen LogP contribution is -2.18. The first-order valence-corrected chi connectivity index (χ1v) is 6.14. The van der Waals surface area contributed by atoms with Gasteiger partial charge in [0.25, 0.3) is 0 Å². The molecule has 0 bridgehead atoms. The molecule has 2 rings (SSSR count). The summed E-state index contributed by atoms with van der Waals surface area (Å²) in [7, 11) is 1.40. The molecule has 1 heterocycles. The van der Waals surface area contributed by atoms with E-state index in [1.807, 2.05) is 18.2 Å². The Bertz CT molecular complexity index is 400. The van der Waals surface area contributed by atoms with Gasteiger partial charge in [0.15, 0.2) is 0 Å². The Morgan fingerprint density at radius 3 is 2.69 bits per heavy atom. The highest BCUT2D eigenvalue weighted by Crippen LogP contribution is 2.26. The third-order valence-corrected chi connectivity index (χ3v) is 3.52. The van der Waals surface area contributed by atoms with Crippen LogP contribution in [0.3, 0.4) is 0 Å². The van der Waals surface area contributed by atoms with Crippen molar-refractivity contribution in [3.05, 3.63) is 28.2 Å². The van der Waals surface area contributed by atoms with E-state index in [-0.39, 0.29) is 5.97 Å². The topological polar surface area (TPSA) is 29.5 Å². The minimum absolute atomic E-state index is 0.298. The molecule has 0 saturated carbocycles. The van der Waals surface area contributed by atoms with Crippen molar-refractivity contribution in [1.82, 2.24) is 0 Å². The van der Waals surface area contributed by atoms with Crippen molar-refractivity contribution in [3.63, 3.8) is 0 Å². The zero-order chi connectivity index (χ0) is 11.5. The average Bonchev–Trinajstić information content (AvgIpc) is 2.82. The zero-order valence-corrected chi connectivity index (χ0v) is 10.8. The van der Waals surface area contributed by atoms with E-state index in [1.54, 1.807) is 0 Å². The molecule has 0 unspecified atom stereocenters. The van der Waals surface area contributed by atoms with Gasteiger partial charge in [0.1, 0.15) is 0 Å². The van der Waals surface area contributed by atoms with E-state index < -0.39 is 0 Å². The molecule has 3 nitrogen and oxygen atoms in total. The highest BCUT2D eigenvalue weighted by atomic mass is 79.9. The largest absolute Gasteiger partial charge is 0.465 e. The lowest BCUT2D eigenvalue weighted by atomic mass is 10.2. The van der Waals surface area contributed by atoms with Crippen molar-refractivity contribution in [3.8, 4) is 0 Å². The molecule has 1 fully saturated rings. The first-order valence-electron chi connectivity index (χ1n) is 5.35. The number of nitrogens with zero attached hydrogens (tertiary/aromatic N) is 1. The molecule has 4 heteroatoms. The Morgan fingerprint density at radius 1 is 1.38 bits per heavy atom. The molecule has 0 radical (unpaired) electrons. The van der Waals surface area contributed by atoms with Gasteiger partial charge in [-0.1, -0.05) is 0 Å². The highest BCUT2D eigenvalue weighted by Gasteiger charge is 2.16. The fraction of sp³-hybridized carbons (Fsp3) is 0.417. The number of carbonyl (C=O) groups is 1. The fourth-order valence-electron chi connectivity index (χ4n) is 1.95. The van der Waals surface area contributed by atoms with E-state index in [9.17, 15) is 4.79 Å². The molecule has 0 spiro atoms. The van der Waals surface area contributed by atoms with Gasteiger partial charge in [-0.25, -0.2) is 4.79 Å². The summed E-state index contributed by atoms with van der Waals surface area (Å²) in [5.74, 6) is -0.298. The van der Waals surface area contributed by atoms with Crippen LogP contribution in [0.2, 0.25) is 0 Å². The number of benzene rings is 1. The van der Waals surface area contributed by atoms with Crippen LogP contribution < -0.4 is 4.90 Å². The van der Waals surface area contributed by atoms with E-state index in [1.165, 1.54) is 20.0 Å². The molecule has 0 atom stereocenters. The van der Waals surface area contributed by atoms with Crippen molar-refractivity contribution in [2.75, 3.05) is 25.1 Å². The number of halogens is 1. The third kappa shape index (κ3) is 2.21. The summed E-state index contributed by atoms with van der Waals surface area (Å²) >= 11 is 3.36. The van der Waals surface area contributed by atoms with Crippen molar-refractivity contribution in [2.45, 2.75) is 12.8 Å². The predicted octanol–water partition coefficient (Wildman–Crippen LogP) is 2.84. The van der Waals surface area contributed by atoms with Gasteiger partial charge >= 0.3 is 5.97 Å². The van der Waals surface area contributed by atoms with Gasteiger partial charge in [0.05, 0.1) is 12.7 Å². The lowest BCUT2D eigenvalue weighted by molar-refractivity contribution is 0.0599. The van der Waals surface area contributed by atoms with Crippen LogP contribution in [0.25, 0.3) is 0 Å². The van der Waals surface area contributed by atoms with Crippen LogP contribution in [0.1, 0.15) is 23.2 Å². The summed E-state index contributed by atoms with van der Waals surface area (Å²) in [6.45, 7) is 2.14. The maximum absolute atomic E-state index is 11.5. The van der Waals surface area contributed by atoms with Crippen LogP contribution >= 0.6 is 15.9 Å². The van der Waals surface area contributed by atoms with Crippen LogP contribution in [0, 0.1) is 0 Å². The molecule has 0 N–H and O–H groups in total. The van der Waals surface area contributed by atoms with Crippen molar-refractivity contribution < 1.29 is 9.53 Å². The van der Waals surface area contributed by atoms with Gasteiger partial charge < -0.3 is 9.64 Å². The van der Waals surface area contributed by atoms with Crippen LogP contribution in [-0.4, -0.2) is 26.2 Å². The van der Waals surface area contributed by atoms with E-state index >= 15 is 0 Å². The van der Waals surface area contributed by atoms with E-state index in [0.717, 1.165) is 23.2 Å². The lowest BCUT2D eigenvalue weighted by Gasteiger charge is -2.18. The van der Waals surface area contributed by atoms with Crippen molar-refractivity contribution >= 4 is 27.6 Å². The molecular formula is C12H14BrNO2. The second-order valence-corrected chi connectivity index (χ2v) is 4.70. The predicted molar refractivity (Wildman–Crippen MR) is 66.9 cm³/mol. The molecule has 1 aromatic rings. The Balaban J connectivity index is 2.30. The van der Waals surface area contributed by atoms with E-state index in [4.69, 9.17) is 4.74 Å². The van der Waals surface area contributed by atoms with E-state index in [2.05, 4.69) is 20.8 Å². The van der Waals surface area contributed by atoms with Crippen molar-refractivity contribution in [2.24, 2.45) is 0 Å². The first-order chi connectivity index (χ1) is 7.72. The minimum Gasteiger partial charge on any atom is -0.465 e. The Labute approximate surface area is 104 Å². The van der Waals surface area contributed by atoms with Gasteiger partial charge in [-0.05, 0) is 47.0 Å². The quantitative estimate of drug-likeness (QED) is 0.782. The molecule has 0 aliphatic carbocycles. The number of anilines is 1. The zero-order valence-electron chi connectivity index (χ0n) is 9.20. The number of esters is 1. The monoisotopic (exact) mass is 283 g/mol. The van der Waals surface area contributed by atoms with Gasteiger partial charge in [0.2, 0.25) is 0 Å². The SMILES string of the molecule is COC(=O)c1cc(N2CCCC2)ccc1Br. The number of carbonyl (C=O) groups excluding carboxylic acids is 1. The summed E-state index contributed by atoms with van der Waals surface area (Å²) in [6.07, 6.45) is 2.45. The molecule has 0 aromatic heterocycles. The first kappa shape index (κ1) is 11.5. The summed E-state index contributed by atoms with van der Waals surface area (Å²) in [5.41, 5.74) is 1.69. The number of methoxy groups -OCH3 is 1. The molecule has 0 amide bonds. The van der Waals surface area contributed by atoms with Crippen LogP contribution in [0.5, 0.6) is 0 Å². The van der Waals surface area contributed by atoms with Gasteiger partial charge in [-0.2, -0.15) is 0 Å². The highest BCUT2D eigenvalue weighted by molar-refractivity contribution is 9.10. The van der Waals surface area contributed by atoms with Crippen LogP contribution in [0.15, 0.2) is 22.7 Å². The van der Waals surface area contributed by atoms with Gasteiger partial charge in [0, 0.05) is 23.2 Å². The normalized spacial score (nSPS) is 15.2. The number of rotatable bonds is 2. The number of hydrogen-bond donors (Lipinski definition) is 0. The average molecular weight is 284 g/mol. The van der Waals surface area contributed by atoms with Crippen LogP contribution in [-0.2, 0) is 4.74 Å². The van der Waals surface area contributed by atoms with Gasteiger partial charge in [-0.3, -0.25) is 0 Å². The third-order valence-electron chi connectivity index (χ3n) is 2.83. The molecule has 1 aliphatic heterocycles. The van der Waals surface area contributed by atoms with E-state index in [0.29, 0.717) is 5.56 Å². The number of ether oxygens (including phenoxy) is 1. The Hall–Kier alpha value is -1.03.